The molecule has 2 heterocycles. The Hall–Kier alpha value is 0.260. The molecule has 0 aromatic heterocycles. The minimum absolute atomic E-state index is 0.188. The van der Waals surface area contributed by atoms with Crippen LogP contribution in [0.25, 0.3) is 0 Å². The lowest BCUT2D eigenvalue weighted by Gasteiger charge is -2.37. The second kappa shape index (κ2) is 5.10. The molecule has 2 aliphatic rings. The molecule has 3 nitrogen and oxygen atoms in total. The van der Waals surface area contributed by atoms with Crippen LogP contribution in [-0.2, 0) is 9.84 Å². The predicted molar refractivity (Wildman–Crippen MR) is 74.3 cm³/mol. The molecule has 0 saturated carbocycles. The van der Waals surface area contributed by atoms with Crippen LogP contribution >= 0.6 is 11.8 Å². The van der Waals surface area contributed by atoms with E-state index in [9.17, 15) is 8.42 Å². The molecule has 0 radical (unpaired) electrons. The first-order valence-electron chi connectivity index (χ1n) is 6.41. The number of hydrogen-bond acceptors (Lipinski definition) is 4. The average molecular weight is 277 g/mol. The highest BCUT2D eigenvalue weighted by atomic mass is 32.2. The maximum atomic E-state index is 11.6. The number of rotatable bonds is 2. The fraction of sp³-hybridized carbons (Fsp3) is 1.00. The molecular weight excluding hydrogens is 254 g/mol. The van der Waals surface area contributed by atoms with Crippen LogP contribution in [0.2, 0.25) is 0 Å². The fourth-order valence-electron chi connectivity index (χ4n) is 2.86. The molecule has 0 aromatic rings. The second-order valence-electron chi connectivity index (χ2n) is 6.20. The van der Waals surface area contributed by atoms with E-state index in [-0.39, 0.29) is 6.04 Å². The molecule has 1 N–H and O–H groups in total. The van der Waals surface area contributed by atoms with E-state index >= 15 is 0 Å². The molecule has 2 saturated heterocycles. The Morgan fingerprint density at radius 3 is 2.71 bits per heavy atom. The van der Waals surface area contributed by atoms with Crippen molar-refractivity contribution in [3.63, 3.8) is 0 Å². The first-order valence-corrected chi connectivity index (χ1v) is 9.38. The second-order valence-corrected chi connectivity index (χ2v) is 9.46. The van der Waals surface area contributed by atoms with Gasteiger partial charge in [0.1, 0.15) is 0 Å². The molecule has 2 unspecified atom stereocenters. The van der Waals surface area contributed by atoms with Gasteiger partial charge < -0.3 is 5.32 Å². The van der Waals surface area contributed by atoms with Gasteiger partial charge in [0.05, 0.1) is 11.5 Å². The van der Waals surface area contributed by atoms with Crippen molar-refractivity contribution in [2.24, 2.45) is 5.41 Å². The van der Waals surface area contributed by atoms with E-state index in [1.807, 2.05) is 11.8 Å². The van der Waals surface area contributed by atoms with Gasteiger partial charge in [-0.3, -0.25) is 0 Å². The van der Waals surface area contributed by atoms with Gasteiger partial charge in [-0.25, -0.2) is 8.42 Å². The number of nitrogens with one attached hydrogen (secondary N) is 1. The van der Waals surface area contributed by atoms with E-state index in [0.29, 0.717) is 23.0 Å². The maximum Gasteiger partial charge on any atom is 0.151 e. The molecule has 100 valence electrons. The Balaban J connectivity index is 1.88. The third-order valence-electron chi connectivity index (χ3n) is 3.55. The lowest BCUT2D eigenvalue weighted by molar-refractivity contribution is 0.298. The van der Waals surface area contributed by atoms with Gasteiger partial charge in [0.25, 0.3) is 0 Å². The lowest BCUT2D eigenvalue weighted by atomic mass is 9.87. The predicted octanol–water partition coefficient (Wildman–Crippen LogP) is 1.68. The van der Waals surface area contributed by atoms with Crippen molar-refractivity contribution in [1.29, 1.82) is 0 Å². The molecule has 2 aliphatic heterocycles. The zero-order valence-corrected chi connectivity index (χ0v) is 12.4. The zero-order valence-electron chi connectivity index (χ0n) is 10.7. The van der Waals surface area contributed by atoms with Gasteiger partial charge in [-0.2, -0.15) is 11.8 Å². The van der Waals surface area contributed by atoms with Crippen LogP contribution in [0.5, 0.6) is 0 Å². The Morgan fingerprint density at radius 1 is 1.29 bits per heavy atom. The van der Waals surface area contributed by atoms with Gasteiger partial charge >= 0.3 is 0 Å². The molecule has 2 rings (SSSR count). The van der Waals surface area contributed by atoms with Crippen LogP contribution in [-0.4, -0.2) is 43.5 Å². The van der Waals surface area contributed by atoms with Crippen molar-refractivity contribution < 1.29 is 8.42 Å². The minimum atomic E-state index is -2.78. The standard InChI is InChI=1S/C12H23NO2S2/c1-12(2)6-11(7-16-9-12)13-10-4-3-5-17(14,15)8-10/h10-11,13H,3-9H2,1-2H3. The van der Waals surface area contributed by atoms with E-state index < -0.39 is 9.84 Å². The van der Waals surface area contributed by atoms with E-state index in [1.54, 1.807) is 0 Å². The van der Waals surface area contributed by atoms with E-state index in [1.165, 1.54) is 5.75 Å². The van der Waals surface area contributed by atoms with Gasteiger partial charge in [-0.05, 0) is 30.4 Å². The summed E-state index contributed by atoms with van der Waals surface area (Å²) in [5.41, 5.74) is 0.383. The zero-order chi connectivity index (χ0) is 12.5. The number of hydrogen-bond donors (Lipinski definition) is 1. The van der Waals surface area contributed by atoms with Crippen molar-refractivity contribution in [1.82, 2.24) is 5.32 Å². The molecule has 0 bridgehead atoms. The smallest absolute Gasteiger partial charge is 0.151 e. The minimum Gasteiger partial charge on any atom is -0.309 e. The van der Waals surface area contributed by atoms with Crippen molar-refractivity contribution >= 4 is 21.6 Å². The Morgan fingerprint density at radius 2 is 2.06 bits per heavy atom. The molecule has 2 atom stereocenters. The third-order valence-corrected chi connectivity index (χ3v) is 6.99. The molecule has 5 heteroatoms. The molecule has 0 aromatic carbocycles. The van der Waals surface area contributed by atoms with E-state index in [4.69, 9.17) is 0 Å². The van der Waals surface area contributed by atoms with Crippen LogP contribution in [0.1, 0.15) is 33.1 Å². The van der Waals surface area contributed by atoms with Gasteiger partial charge in [0, 0.05) is 17.8 Å². The van der Waals surface area contributed by atoms with Crippen molar-refractivity contribution in [3.05, 3.63) is 0 Å². The highest BCUT2D eigenvalue weighted by Gasteiger charge is 2.32. The largest absolute Gasteiger partial charge is 0.309 e. The summed E-state index contributed by atoms with van der Waals surface area (Å²) in [6, 6.07) is 0.676. The summed E-state index contributed by atoms with van der Waals surface area (Å²) in [5.74, 6) is 3.07. The first-order chi connectivity index (χ1) is 7.86. The molecule has 0 spiro atoms. The molecule has 17 heavy (non-hydrogen) atoms. The third kappa shape index (κ3) is 4.14. The molecular formula is C12H23NO2S2. The fourth-order valence-corrected chi connectivity index (χ4v) is 5.79. The Kier molecular flexibility index (Phi) is 4.10. The van der Waals surface area contributed by atoms with Crippen LogP contribution in [0.4, 0.5) is 0 Å². The molecule has 2 fully saturated rings. The number of sulfone groups is 1. The quantitative estimate of drug-likeness (QED) is 0.834. The Bertz CT molecular complexity index is 365. The molecule has 0 amide bonds. The Labute approximate surface area is 109 Å². The normalized spacial score (nSPS) is 36.6. The summed E-state index contributed by atoms with van der Waals surface area (Å²) < 4.78 is 23.2. The van der Waals surface area contributed by atoms with Crippen molar-refractivity contribution in [2.75, 3.05) is 23.0 Å². The average Bonchev–Trinajstić information content (AvgIpc) is 2.13. The summed E-state index contributed by atoms with van der Waals surface area (Å²) >= 11 is 1.99. The van der Waals surface area contributed by atoms with Gasteiger partial charge in [0.15, 0.2) is 9.84 Å². The monoisotopic (exact) mass is 277 g/mol. The summed E-state index contributed by atoms with van der Waals surface area (Å²) in [6.45, 7) is 4.59. The highest BCUT2D eigenvalue weighted by molar-refractivity contribution is 7.99. The van der Waals surface area contributed by atoms with Gasteiger partial charge in [-0.1, -0.05) is 13.8 Å². The summed E-state index contributed by atoms with van der Waals surface area (Å²) in [6.07, 6.45) is 3.00. The van der Waals surface area contributed by atoms with E-state index in [2.05, 4.69) is 19.2 Å². The highest BCUT2D eigenvalue weighted by Crippen LogP contribution is 2.33. The number of thioether (sulfide) groups is 1. The summed E-state index contributed by atoms with van der Waals surface area (Å²) in [5, 5.41) is 3.57. The SMILES string of the molecule is CC1(C)CSCC(NC2CCCS(=O)(=O)C2)C1. The maximum absolute atomic E-state index is 11.6. The lowest BCUT2D eigenvalue weighted by Crippen LogP contribution is -2.49. The first kappa shape index (κ1) is 13.7. The van der Waals surface area contributed by atoms with Crippen molar-refractivity contribution in [2.45, 2.75) is 45.2 Å². The van der Waals surface area contributed by atoms with Gasteiger partial charge in [-0.15, -0.1) is 0 Å². The van der Waals surface area contributed by atoms with E-state index in [0.717, 1.165) is 25.0 Å². The van der Waals surface area contributed by atoms with Gasteiger partial charge in [0.2, 0.25) is 0 Å². The van der Waals surface area contributed by atoms with Crippen LogP contribution in [0.3, 0.4) is 0 Å². The van der Waals surface area contributed by atoms with Crippen LogP contribution in [0, 0.1) is 5.41 Å². The van der Waals surface area contributed by atoms with Crippen LogP contribution < -0.4 is 5.32 Å². The van der Waals surface area contributed by atoms with Crippen molar-refractivity contribution in [3.8, 4) is 0 Å². The van der Waals surface area contributed by atoms with Crippen LogP contribution in [0.15, 0.2) is 0 Å². The topological polar surface area (TPSA) is 46.2 Å². The summed E-state index contributed by atoms with van der Waals surface area (Å²) in [4.78, 5) is 0. The molecule has 0 aliphatic carbocycles. The summed E-state index contributed by atoms with van der Waals surface area (Å²) in [7, 11) is -2.78.